The molecule has 2 aromatic rings. The van der Waals surface area contributed by atoms with Gasteiger partial charge in [-0.15, -0.1) is 0 Å². The van der Waals surface area contributed by atoms with Crippen molar-refractivity contribution in [3.63, 3.8) is 0 Å². The van der Waals surface area contributed by atoms with Gasteiger partial charge in [-0.1, -0.05) is 12.1 Å². The van der Waals surface area contributed by atoms with Crippen LogP contribution in [0.5, 0.6) is 5.88 Å². The van der Waals surface area contributed by atoms with Crippen LogP contribution in [0.25, 0.3) is 0 Å². The van der Waals surface area contributed by atoms with Crippen molar-refractivity contribution in [2.24, 2.45) is 0 Å². The molecule has 2 rings (SSSR count). The van der Waals surface area contributed by atoms with E-state index in [9.17, 15) is 0 Å². The van der Waals surface area contributed by atoms with Gasteiger partial charge < -0.3 is 10.5 Å². The largest absolute Gasteiger partial charge is 0.481 e. The zero-order valence-electron chi connectivity index (χ0n) is 10.4. The highest BCUT2D eigenvalue weighted by Crippen LogP contribution is 2.19. The van der Waals surface area contributed by atoms with Gasteiger partial charge in [-0.05, 0) is 24.6 Å². The number of methoxy groups -OCH3 is 1. The Hall–Kier alpha value is -2.36. The molecule has 0 amide bonds. The Bertz CT molecular complexity index is 593. The van der Waals surface area contributed by atoms with Crippen molar-refractivity contribution in [3.8, 4) is 5.88 Å². The summed E-state index contributed by atoms with van der Waals surface area (Å²) in [6.45, 7) is 1.97. The number of benzene rings is 1. The summed E-state index contributed by atoms with van der Waals surface area (Å²) in [5.41, 5.74) is 9.45. The number of hydrogen-bond acceptors (Lipinski definition) is 4. The number of nitrogen functional groups attached to an aromatic ring is 1. The SMILES string of the molecule is COc1cc(C(=N)c2ccc(C)cc2N)ccn1. The number of nitrogens with zero attached hydrogens (tertiary/aromatic N) is 1. The third-order valence-corrected chi connectivity index (χ3v) is 2.71. The van der Waals surface area contributed by atoms with E-state index in [2.05, 4.69) is 4.98 Å². The molecule has 1 aromatic carbocycles. The smallest absolute Gasteiger partial charge is 0.213 e. The summed E-state index contributed by atoms with van der Waals surface area (Å²) < 4.78 is 5.05. The summed E-state index contributed by atoms with van der Waals surface area (Å²) in [4.78, 5) is 4.02. The van der Waals surface area contributed by atoms with Gasteiger partial charge in [0.2, 0.25) is 5.88 Å². The fourth-order valence-corrected chi connectivity index (χ4v) is 1.74. The number of aromatic nitrogens is 1. The van der Waals surface area contributed by atoms with E-state index in [1.54, 1.807) is 25.4 Å². The van der Waals surface area contributed by atoms with Crippen LogP contribution in [0.1, 0.15) is 16.7 Å². The second kappa shape index (κ2) is 4.87. The molecule has 3 N–H and O–H groups in total. The van der Waals surface area contributed by atoms with Gasteiger partial charge in [0.05, 0.1) is 12.8 Å². The highest BCUT2D eigenvalue weighted by Gasteiger charge is 2.09. The summed E-state index contributed by atoms with van der Waals surface area (Å²) in [5, 5.41) is 8.19. The number of ether oxygens (including phenoxy) is 1. The average Bonchev–Trinajstić information content (AvgIpc) is 2.38. The minimum atomic E-state index is 0.369. The second-order valence-corrected chi connectivity index (χ2v) is 4.05. The molecule has 0 saturated heterocycles. The molecule has 4 heteroatoms. The highest BCUT2D eigenvalue weighted by atomic mass is 16.5. The lowest BCUT2D eigenvalue weighted by atomic mass is 10.0. The molecule has 0 aliphatic carbocycles. The van der Waals surface area contributed by atoms with Gasteiger partial charge in [-0.25, -0.2) is 4.98 Å². The Balaban J connectivity index is 2.41. The van der Waals surface area contributed by atoms with E-state index in [1.165, 1.54) is 0 Å². The summed E-state index contributed by atoms with van der Waals surface area (Å²) in [5.74, 6) is 0.489. The number of hydrogen-bond donors (Lipinski definition) is 2. The maximum atomic E-state index is 8.19. The molecule has 0 spiro atoms. The van der Waals surface area contributed by atoms with Gasteiger partial charge in [0.25, 0.3) is 0 Å². The fraction of sp³-hybridized carbons (Fsp3) is 0.143. The fourth-order valence-electron chi connectivity index (χ4n) is 1.74. The van der Waals surface area contributed by atoms with E-state index in [-0.39, 0.29) is 0 Å². The van der Waals surface area contributed by atoms with Crippen LogP contribution in [0, 0.1) is 12.3 Å². The standard InChI is InChI=1S/C14H15N3O/c1-9-3-4-11(12(15)7-9)14(16)10-5-6-17-13(8-10)18-2/h3-8,16H,15H2,1-2H3. The molecule has 0 radical (unpaired) electrons. The van der Waals surface area contributed by atoms with Gasteiger partial charge in [0.15, 0.2) is 0 Å². The lowest BCUT2D eigenvalue weighted by Gasteiger charge is -2.09. The first kappa shape index (κ1) is 12.1. The molecule has 4 nitrogen and oxygen atoms in total. The highest BCUT2D eigenvalue weighted by molar-refractivity contribution is 6.13. The molecule has 18 heavy (non-hydrogen) atoms. The molecule has 0 fully saturated rings. The molecule has 0 unspecified atom stereocenters. The van der Waals surface area contributed by atoms with Crippen LogP contribution in [0.15, 0.2) is 36.5 Å². The Labute approximate surface area is 106 Å². The topological polar surface area (TPSA) is 72.0 Å². The van der Waals surface area contributed by atoms with Gasteiger partial charge in [-0.2, -0.15) is 0 Å². The van der Waals surface area contributed by atoms with E-state index in [1.807, 2.05) is 25.1 Å². The van der Waals surface area contributed by atoms with Crippen molar-refractivity contribution in [2.75, 3.05) is 12.8 Å². The summed E-state index contributed by atoms with van der Waals surface area (Å²) in [7, 11) is 1.55. The quantitative estimate of drug-likeness (QED) is 0.640. The second-order valence-electron chi connectivity index (χ2n) is 4.05. The Morgan fingerprint density at radius 1 is 1.28 bits per heavy atom. The van der Waals surface area contributed by atoms with E-state index in [0.29, 0.717) is 22.8 Å². The predicted octanol–water partition coefficient (Wildman–Crippen LogP) is 2.40. The van der Waals surface area contributed by atoms with Crippen LogP contribution in [0.3, 0.4) is 0 Å². The maximum Gasteiger partial charge on any atom is 0.213 e. The Morgan fingerprint density at radius 2 is 2.06 bits per heavy atom. The Morgan fingerprint density at radius 3 is 2.72 bits per heavy atom. The number of rotatable bonds is 3. The monoisotopic (exact) mass is 241 g/mol. The van der Waals surface area contributed by atoms with Gasteiger partial charge in [-0.3, -0.25) is 5.41 Å². The first-order valence-corrected chi connectivity index (χ1v) is 5.57. The minimum Gasteiger partial charge on any atom is -0.481 e. The van der Waals surface area contributed by atoms with Crippen LogP contribution in [-0.4, -0.2) is 17.8 Å². The Kier molecular flexibility index (Phi) is 3.28. The molecule has 0 saturated carbocycles. The van der Waals surface area contributed by atoms with Crippen molar-refractivity contribution in [2.45, 2.75) is 6.92 Å². The molecular formula is C14H15N3O. The number of aryl methyl sites for hydroxylation is 1. The van der Waals surface area contributed by atoms with Gasteiger partial charge >= 0.3 is 0 Å². The zero-order valence-corrected chi connectivity index (χ0v) is 10.4. The van der Waals surface area contributed by atoms with Crippen molar-refractivity contribution < 1.29 is 4.74 Å². The van der Waals surface area contributed by atoms with E-state index < -0.39 is 0 Å². The predicted molar refractivity (Wildman–Crippen MR) is 72.3 cm³/mol. The lowest BCUT2D eigenvalue weighted by molar-refractivity contribution is 0.398. The maximum absolute atomic E-state index is 8.19. The van der Waals surface area contributed by atoms with Crippen molar-refractivity contribution in [1.82, 2.24) is 4.98 Å². The number of nitrogens with two attached hydrogens (primary N) is 1. The van der Waals surface area contributed by atoms with E-state index in [4.69, 9.17) is 15.9 Å². The molecule has 0 aliphatic rings. The molecule has 0 atom stereocenters. The van der Waals surface area contributed by atoms with Gasteiger partial charge in [0, 0.05) is 29.1 Å². The third-order valence-electron chi connectivity index (χ3n) is 2.71. The van der Waals surface area contributed by atoms with E-state index in [0.717, 1.165) is 11.1 Å². The van der Waals surface area contributed by atoms with Crippen LogP contribution in [-0.2, 0) is 0 Å². The zero-order chi connectivity index (χ0) is 13.1. The van der Waals surface area contributed by atoms with Crippen LogP contribution >= 0.6 is 0 Å². The molecule has 92 valence electrons. The normalized spacial score (nSPS) is 10.1. The molecule has 1 aromatic heterocycles. The van der Waals surface area contributed by atoms with Crippen molar-refractivity contribution in [3.05, 3.63) is 53.2 Å². The van der Waals surface area contributed by atoms with Crippen molar-refractivity contribution >= 4 is 11.4 Å². The molecule has 0 bridgehead atoms. The number of pyridine rings is 1. The van der Waals surface area contributed by atoms with E-state index >= 15 is 0 Å². The average molecular weight is 241 g/mol. The molecule has 1 heterocycles. The van der Waals surface area contributed by atoms with Crippen LogP contribution in [0.4, 0.5) is 5.69 Å². The summed E-state index contributed by atoms with van der Waals surface area (Å²) in [6, 6.07) is 9.16. The number of anilines is 1. The van der Waals surface area contributed by atoms with Crippen LogP contribution < -0.4 is 10.5 Å². The third kappa shape index (κ3) is 2.32. The summed E-state index contributed by atoms with van der Waals surface area (Å²) >= 11 is 0. The lowest BCUT2D eigenvalue weighted by Crippen LogP contribution is -2.06. The molecular weight excluding hydrogens is 226 g/mol. The number of nitrogens with one attached hydrogen (secondary N) is 1. The molecule has 0 aliphatic heterocycles. The van der Waals surface area contributed by atoms with Gasteiger partial charge in [0.1, 0.15) is 0 Å². The summed E-state index contributed by atoms with van der Waals surface area (Å²) in [6.07, 6.45) is 1.62. The van der Waals surface area contributed by atoms with Crippen LogP contribution in [0.2, 0.25) is 0 Å². The minimum absolute atomic E-state index is 0.369. The first-order valence-electron chi connectivity index (χ1n) is 5.57. The van der Waals surface area contributed by atoms with Crippen molar-refractivity contribution in [1.29, 1.82) is 5.41 Å². The first-order chi connectivity index (χ1) is 8.61.